The van der Waals surface area contributed by atoms with Gasteiger partial charge in [-0.05, 0) is 60.8 Å². The lowest BCUT2D eigenvalue weighted by Crippen LogP contribution is -2.41. The highest BCUT2D eigenvalue weighted by Crippen LogP contribution is 2.41. The van der Waals surface area contributed by atoms with Crippen molar-refractivity contribution in [2.75, 3.05) is 0 Å². The van der Waals surface area contributed by atoms with Crippen LogP contribution in [0.3, 0.4) is 0 Å². The smallest absolute Gasteiger partial charge is 0.258 e. The van der Waals surface area contributed by atoms with E-state index in [0.29, 0.717) is 6.42 Å². The van der Waals surface area contributed by atoms with Crippen molar-refractivity contribution in [1.82, 2.24) is 4.72 Å². The van der Waals surface area contributed by atoms with Crippen LogP contribution in [0.5, 0.6) is 0 Å². The molecule has 2 aromatic rings. The quantitative estimate of drug-likeness (QED) is 0.660. The van der Waals surface area contributed by atoms with Gasteiger partial charge in [-0.15, -0.1) is 0 Å². The van der Waals surface area contributed by atoms with E-state index in [2.05, 4.69) is 4.72 Å². The van der Waals surface area contributed by atoms with Gasteiger partial charge in [-0.2, -0.15) is 0 Å². The molecule has 1 fully saturated rings. The van der Waals surface area contributed by atoms with Gasteiger partial charge >= 0.3 is 0 Å². The summed E-state index contributed by atoms with van der Waals surface area (Å²) in [5.74, 6) is 0.392. The Bertz CT molecular complexity index is 943. The van der Waals surface area contributed by atoms with Crippen LogP contribution in [0.15, 0.2) is 53.4 Å². The van der Waals surface area contributed by atoms with E-state index in [-0.39, 0.29) is 33.4 Å². The van der Waals surface area contributed by atoms with Crippen LogP contribution in [0.25, 0.3) is 0 Å². The summed E-state index contributed by atoms with van der Waals surface area (Å²) < 4.78 is 28.4. The molecule has 0 saturated heterocycles. The molecule has 2 aromatic carbocycles. The first-order valence-corrected chi connectivity index (χ1v) is 10.3. The van der Waals surface area contributed by atoms with Gasteiger partial charge < -0.3 is 0 Å². The van der Waals surface area contributed by atoms with E-state index < -0.39 is 10.0 Å². The minimum absolute atomic E-state index is 0.0999. The Morgan fingerprint density at radius 3 is 2.27 bits per heavy atom. The van der Waals surface area contributed by atoms with Gasteiger partial charge in [0.2, 0.25) is 10.0 Å². The number of hydrogen-bond donors (Lipinski definition) is 1. The summed E-state index contributed by atoms with van der Waals surface area (Å²) in [6.45, 7) is 0. The van der Waals surface area contributed by atoms with Crippen molar-refractivity contribution in [2.45, 2.75) is 36.6 Å². The summed E-state index contributed by atoms with van der Waals surface area (Å²) in [6, 6.07) is 13.3. The number of sulfonamides is 1. The van der Waals surface area contributed by atoms with Crippen LogP contribution in [0.1, 0.15) is 24.0 Å². The first-order chi connectivity index (χ1) is 12.4. The molecule has 26 heavy (non-hydrogen) atoms. The lowest BCUT2D eigenvalue weighted by Gasteiger charge is -2.23. The number of rotatable bonds is 4. The monoisotopic (exact) mass is 372 g/mol. The third kappa shape index (κ3) is 3.12. The molecule has 1 N–H and O–H groups in total. The molecule has 0 amide bonds. The van der Waals surface area contributed by atoms with E-state index in [0.717, 1.165) is 30.4 Å². The maximum absolute atomic E-state index is 12.7. The minimum atomic E-state index is -3.57. The maximum atomic E-state index is 12.7. The number of nitrogens with one attached hydrogen (secondary N) is 1. The van der Waals surface area contributed by atoms with Crippen LogP contribution in [0, 0.1) is 22.0 Å². The largest absolute Gasteiger partial charge is 0.269 e. The molecule has 7 heteroatoms. The molecule has 2 aliphatic carbocycles. The Balaban J connectivity index is 1.62. The van der Waals surface area contributed by atoms with Crippen LogP contribution in [0.4, 0.5) is 5.69 Å². The van der Waals surface area contributed by atoms with Gasteiger partial charge in [0, 0.05) is 18.2 Å². The summed E-state index contributed by atoms with van der Waals surface area (Å²) >= 11 is 0. The Morgan fingerprint density at radius 2 is 1.62 bits per heavy atom. The summed E-state index contributed by atoms with van der Waals surface area (Å²) in [5.41, 5.74) is 2.19. The van der Waals surface area contributed by atoms with Gasteiger partial charge in [0.25, 0.3) is 5.69 Å². The molecule has 3 unspecified atom stereocenters. The number of nitrogens with zero attached hydrogens (tertiary/aromatic N) is 1. The van der Waals surface area contributed by atoms with Crippen LogP contribution in [-0.2, 0) is 22.9 Å². The molecule has 0 aromatic heterocycles. The van der Waals surface area contributed by atoms with E-state index >= 15 is 0 Å². The molecular formula is C19H20N2O4S. The maximum Gasteiger partial charge on any atom is 0.269 e. The summed E-state index contributed by atoms with van der Waals surface area (Å²) in [6.07, 6.45) is 3.35. The summed E-state index contributed by atoms with van der Waals surface area (Å²) in [4.78, 5) is 11.0. The standard InChI is InChI=1S/C19H20N2O4S/c22-21(23)17-9-8-13-10-14-6-7-15(11-16(13)12-17)19(14)20-26(24,25)18-4-2-1-3-5-18/h1-5,8-9,12,14-15,19-20H,6-7,10-11H2. The molecule has 2 bridgehead atoms. The summed E-state index contributed by atoms with van der Waals surface area (Å²) in [5, 5.41) is 11.1. The second kappa shape index (κ2) is 6.48. The van der Waals surface area contributed by atoms with E-state index in [1.807, 2.05) is 6.07 Å². The van der Waals surface area contributed by atoms with Gasteiger partial charge in [0.15, 0.2) is 0 Å². The summed E-state index contributed by atoms with van der Waals surface area (Å²) in [7, 11) is -3.57. The Kier molecular flexibility index (Phi) is 4.28. The highest BCUT2D eigenvalue weighted by molar-refractivity contribution is 7.89. The van der Waals surface area contributed by atoms with Crippen molar-refractivity contribution in [3.8, 4) is 0 Å². The van der Waals surface area contributed by atoms with E-state index in [1.54, 1.807) is 42.5 Å². The lowest BCUT2D eigenvalue weighted by molar-refractivity contribution is -0.384. The van der Waals surface area contributed by atoms with Gasteiger partial charge in [-0.1, -0.05) is 24.3 Å². The zero-order chi connectivity index (χ0) is 18.3. The zero-order valence-electron chi connectivity index (χ0n) is 14.2. The molecule has 6 nitrogen and oxygen atoms in total. The number of nitro groups is 1. The Hall–Kier alpha value is -2.25. The predicted molar refractivity (Wildman–Crippen MR) is 97.3 cm³/mol. The molecular weight excluding hydrogens is 352 g/mol. The van der Waals surface area contributed by atoms with E-state index in [1.165, 1.54) is 0 Å². The molecule has 3 atom stereocenters. The average molecular weight is 372 g/mol. The number of fused-ring (bicyclic) bond motifs is 3. The second-order valence-corrected chi connectivity index (χ2v) is 8.89. The first-order valence-electron chi connectivity index (χ1n) is 8.77. The molecule has 0 spiro atoms. The van der Waals surface area contributed by atoms with Crippen molar-refractivity contribution < 1.29 is 13.3 Å². The molecule has 0 radical (unpaired) electrons. The third-order valence-corrected chi connectivity index (χ3v) is 7.11. The number of benzene rings is 2. The van der Waals surface area contributed by atoms with Crippen molar-refractivity contribution in [2.24, 2.45) is 11.8 Å². The average Bonchev–Trinajstić information content (AvgIpc) is 2.89. The van der Waals surface area contributed by atoms with Crippen molar-refractivity contribution >= 4 is 15.7 Å². The topological polar surface area (TPSA) is 89.3 Å². The van der Waals surface area contributed by atoms with Crippen LogP contribution >= 0.6 is 0 Å². The first kappa shape index (κ1) is 17.2. The van der Waals surface area contributed by atoms with Gasteiger partial charge in [-0.3, -0.25) is 10.1 Å². The lowest BCUT2D eigenvalue weighted by atomic mass is 9.93. The van der Waals surface area contributed by atoms with Gasteiger partial charge in [-0.25, -0.2) is 13.1 Å². The Labute approximate surface area is 152 Å². The molecule has 2 aliphatic rings. The molecule has 136 valence electrons. The van der Waals surface area contributed by atoms with E-state index in [9.17, 15) is 18.5 Å². The van der Waals surface area contributed by atoms with Gasteiger partial charge in [0.05, 0.1) is 9.82 Å². The van der Waals surface area contributed by atoms with Crippen LogP contribution < -0.4 is 4.72 Å². The minimum Gasteiger partial charge on any atom is -0.258 e. The number of nitro benzene ring substituents is 1. The Morgan fingerprint density at radius 1 is 0.962 bits per heavy atom. The SMILES string of the molecule is O=[N+]([O-])c1ccc2c(c1)CC1CCC(C2)C1NS(=O)(=O)c1ccccc1. The third-order valence-electron chi connectivity index (χ3n) is 5.63. The molecule has 1 saturated carbocycles. The fourth-order valence-corrected chi connectivity index (χ4v) is 5.74. The van der Waals surface area contributed by atoms with Crippen molar-refractivity contribution in [3.63, 3.8) is 0 Å². The fraction of sp³-hybridized carbons (Fsp3) is 0.368. The highest BCUT2D eigenvalue weighted by atomic mass is 32.2. The zero-order valence-corrected chi connectivity index (χ0v) is 15.0. The van der Waals surface area contributed by atoms with Gasteiger partial charge in [0.1, 0.15) is 0 Å². The normalized spacial score (nSPS) is 24.7. The molecule has 4 rings (SSSR count). The molecule has 0 heterocycles. The number of hydrogen-bond acceptors (Lipinski definition) is 4. The van der Waals surface area contributed by atoms with Crippen LogP contribution in [-0.4, -0.2) is 19.4 Å². The molecule has 0 aliphatic heterocycles. The van der Waals surface area contributed by atoms with Crippen molar-refractivity contribution in [1.29, 1.82) is 0 Å². The highest BCUT2D eigenvalue weighted by Gasteiger charge is 2.41. The van der Waals surface area contributed by atoms with Crippen LogP contribution in [0.2, 0.25) is 0 Å². The fourth-order valence-electron chi connectivity index (χ4n) is 4.35. The predicted octanol–water partition coefficient (Wildman–Crippen LogP) is 3.07. The van der Waals surface area contributed by atoms with E-state index in [4.69, 9.17) is 0 Å². The number of non-ortho nitro benzene ring substituents is 1. The van der Waals surface area contributed by atoms with Crippen molar-refractivity contribution in [3.05, 3.63) is 69.8 Å². The second-order valence-electron chi connectivity index (χ2n) is 7.18.